The summed E-state index contributed by atoms with van der Waals surface area (Å²) in [6.45, 7) is 1.66. The lowest BCUT2D eigenvalue weighted by molar-refractivity contribution is -0.119. The maximum absolute atomic E-state index is 11.7. The molecule has 8 heteroatoms. The average Bonchev–Trinajstić information content (AvgIpc) is 2.79. The van der Waals surface area contributed by atoms with E-state index in [0.717, 1.165) is 11.8 Å². The van der Waals surface area contributed by atoms with Crippen molar-refractivity contribution in [3.8, 4) is 0 Å². The van der Waals surface area contributed by atoms with Gasteiger partial charge in [-0.25, -0.2) is 9.78 Å². The van der Waals surface area contributed by atoms with Crippen molar-refractivity contribution in [3.05, 3.63) is 23.2 Å². The van der Waals surface area contributed by atoms with Gasteiger partial charge in [-0.3, -0.25) is 10.1 Å². The maximum Gasteiger partial charge on any atom is 0.321 e. The van der Waals surface area contributed by atoms with Crippen molar-refractivity contribution < 1.29 is 14.0 Å². The SMILES string of the molecule is CNC(=O)NC(=O)[C@@H](C)Sc1nc2ccc(Cl)cc2o1. The first kappa shape index (κ1) is 14.7. The molecular weight excluding hydrogens is 302 g/mol. The Morgan fingerprint density at radius 3 is 2.90 bits per heavy atom. The fourth-order valence-corrected chi connectivity index (χ4v) is 2.33. The van der Waals surface area contributed by atoms with Crippen molar-refractivity contribution in [1.82, 2.24) is 15.6 Å². The number of nitrogens with zero attached hydrogens (tertiary/aromatic N) is 1. The number of fused-ring (bicyclic) bond motifs is 1. The second-order valence-corrected chi connectivity index (χ2v) is 5.65. The lowest BCUT2D eigenvalue weighted by Crippen LogP contribution is -2.41. The molecule has 0 unspecified atom stereocenters. The molecular formula is C12H12ClN3O3S. The Morgan fingerprint density at radius 1 is 1.45 bits per heavy atom. The van der Waals surface area contributed by atoms with E-state index >= 15 is 0 Å². The molecule has 2 N–H and O–H groups in total. The monoisotopic (exact) mass is 313 g/mol. The molecule has 3 amide bonds. The molecule has 1 aromatic carbocycles. The fraction of sp³-hybridized carbons (Fsp3) is 0.250. The number of hydrogen-bond donors (Lipinski definition) is 2. The summed E-state index contributed by atoms with van der Waals surface area (Å²) in [5, 5.41) is 4.88. The zero-order chi connectivity index (χ0) is 14.7. The minimum absolute atomic E-state index is 0.349. The normalized spacial score (nSPS) is 12.2. The Hall–Kier alpha value is -1.73. The highest BCUT2D eigenvalue weighted by atomic mass is 35.5. The van der Waals surface area contributed by atoms with Gasteiger partial charge in [-0.1, -0.05) is 23.4 Å². The number of thioether (sulfide) groups is 1. The van der Waals surface area contributed by atoms with E-state index in [2.05, 4.69) is 15.6 Å². The van der Waals surface area contributed by atoms with Crippen LogP contribution in [0.5, 0.6) is 0 Å². The first-order valence-corrected chi connectivity index (χ1v) is 7.00. The van der Waals surface area contributed by atoms with Crippen LogP contribution in [-0.2, 0) is 4.79 Å². The maximum atomic E-state index is 11.7. The Bertz CT molecular complexity index is 658. The third-order valence-corrected chi connectivity index (χ3v) is 3.62. The summed E-state index contributed by atoms with van der Waals surface area (Å²) < 4.78 is 5.49. The van der Waals surface area contributed by atoms with Crippen molar-refractivity contribution >= 4 is 46.4 Å². The number of halogens is 1. The van der Waals surface area contributed by atoms with Gasteiger partial charge in [0.1, 0.15) is 5.52 Å². The van der Waals surface area contributed by atoms with Gasteiger partial charge in [0.15, 0.2) is 5.58 Å². The minimum atomic E-state index is -0.549. The van der Waals surface area contributed by atoms with E-state index in [4.69, 9.17) is 16.0 Å². The second kappa shape index (κ2) is 6.15. The molecule has 0 aliphatic heterocycles. The predicted octanol–water partition coefficient (Wildman–Crippen LogP) is 2.42. The number of amides is 3. The second-order valence-electron chi connectivity index (χ2n) is 3.92. The molecule has 106 valence electrons. The molecule has 0 aliphatic rings. The molecule has 2 rings (SSSR count). The number of rotatable bonds is 3. The van der Waals surface area contributed by atoms with Crippen LogP contribution < -0.4 is 10.6 Å². The van der Waals surface area contributed by atoms with Crippen molar-refractivity contribution in [1.29, 1.82) is 0 Å². The van der Waals surface area contributed by atoms with Crippen molar-refractivity contribution in [3.63, 3.8) is 0 Å². The van der Waals surface area contributed by atoms with Gasteiger partial charge in [0.2, 0.25) is 5.91 Å². The summed E-state index contributed by atoms with van der Waals surface area (Å²) in [6, 6.07) is 4.55. The number of oxazole rings is 1. The quantitative estimate of drug-likeness (QED) is 0.850. The Kier molecular flexibility index (Phi) is 4.51. The molecule has 0 fully saturated rings. The van der Waals surface area contributed by atoms with E-state index in [-0.39, 0.29) is 0 Å². The highest BCUT2D eigenvalue weighted by Crippen LogP contribution is 2.28. The predicted molar refractivity (Wildman–Crippen MR) is 76.9 cm³/mol. The molecule has 1 aromatic heterocycles. The van der Waals surface area contributed by atoms with Crippen LogP contribution in [0, 0.1) is 0 Å². The van der Waals surface area contributed by atoms with Gasteiger partial charge in [-0.05, 0) is 19.1 Å². The molecule has 0 aliphatic carbocycles. The minimum Gasteiger partial charge on any atom is -0.431 e. The van der Waals surface area contributed by atoms with Crippen LogP contribution in [0.2, 0.25) is 5.02 Å². The average molecular weight is 314 g/mol. The molecule has 1 atom stereocenters. The Balaban J connectivity index is 2.07. The molecule has 1 heterocycles. The van der Waals surface area contributed by atoms with E-state index in [0.29, 0.717) is 21.3 Å². The molecule has 0 bridgehead atoms. The largest absolute Gasteiger partial charge is 0.431 e. The van der Waals surface area contributed by atoms with Crippen molar-refractivity contribution in [2.75, 3.05) is 7.05 Å². The summed E-state index contributed by atoms with van der Waals surface area (Å²) in [5.41, 5.74) is 1.22. The van der Waals surface area contributed by atoms with Crippen LogP contribution in [0.15, 0.2) is 27.8 Å². The molecule has 20 heavy (non-hydrogen) atoms. The highest BCUT2D eigenvalue weighted by Gasteiger charge is 2.19. The van der Waals surface area contributed by atoms with E-state index in [9.17, 15) is 9.59 Å². The number of aromatic nitrogens is 1. The summed E-state index contributed by atoms with van der Waals surface area (Å²) in [5.74, 6) is -0.422. The van der Waals surface area contributed by atoms with Crippen LogP contribution in [0.1, 0.15) is 6.92 Å². The van der Waals surface area contributed by atoms with Gasteiger partial charge in [-0.2, -0.15) is 0 Å². The van der Waals surface area contributed by atoms with Crippen LogP contribution in [-0.4, -0.2) is 29.2 Å². The molecule has 2 aromatic rings. The standard InChI is InChI=1S/C12H12ClN3O3S/c1-6(10(17)16-11(18)14-2)20-12-15-8-4-3-7(13)5-9(8)19-12/h3-6H,1-2H3,(H2,14,16,17,18)/t6-/m1/s1. The van der Waals surface area contributed by atoms with Gasteiger partial charge in [-0.15, -0.1) is 0 Å². The molecule has 0 saturated heterocycles. The molecule has 0 radical (unpaired) electrons. The van der Waals surface area contributed by atoms with Crippen molar-refractivity contribution in [2.24, 2.45) is 0 Å². The number of nitrogens with one attached hydrogen (secondary N) is 2. The van der Waals surface area contributed by atoms with Crippen LogP contribution >= 0.6 is 23.4 Å². The van der Waals surface area contributed by atoms with Gasteiger partial charge in [0.05, 0.1) is 5.25 Å². The summed E-state index contributed by atoms with van der Waals surface area (Å²) >= 11 is 6.98. The smallest absolute Gasteiger partial charge is 0.321 e. The lowest BCUT2D eigenvalue weighted by atomic mass is 10.3. The Morgan fingerprint density at radius 2 is 2.20 bits per heavy atom. The Labute approximate surface area is 124 Å². The highest BCUT2D eigenvalue weighted by molar-refractivity contribution is 8.00. The number of carbonyl (C=O) groups is 2. The van der Waals surface area contributed by atoms with Crippen LogP contribution in [0.25, 0.3) is 11.1 Å². The third-order valence-electron chi connectivity index (χ3n) is 2.44. The molecule has 6 nitrogen and oxygen atoms in total. The van der Waals surface area contributed by atoms with Crippen LogP contribution in [0.3, 0.4) is 0 Å². The number of benzene rings is 1. The lowest BCUT2D eigenvalue weighted by Gasteiger charge is -2.08. The van der Waals surface area contributed by atoms with Crippen LogP contribution in [0.4, 0.5) is 4.79 Å². The number of hydrogen-bond acceptors (Lipinski definition) is 5. The summed E-state index contributed by atoms with van der Waals surface area (Å²) in [7, 11) is 1.44. The van der Waals surface area contributed by atoms with E-state index < -0.39 is 17.2 Å². The summed E-state index contributed by atoms with van der Waals surface area (Å²) in [6.07, 6.45) is 0. The summed E-state index contributed by atoms with van der Waals surface area (Å²) in [4.78, 5) is 27.0. The number of carbonyl (C=O) groups excluding carboxylic acids is 2. The topological polar surface area (TPSA) is 84.2 Å². The third kappa shape index (κ3) is 3.43. The van der Waals surface area contributed by atoms with Gasteiger partial charge >= 0.3 is 6.03 Å². The molecule has 0 spiro atoms. The van der Waals surface area contributed by atoms with E-state index in [1.165, 1.54) is 7.05 Å². The fourth-order valence-electron chi connectivity index (χ4n) is 1.41. The van der Waals surface area contributed by atoms with Gasteiger partial charge in [0.25, 0.3) is 5.22 Å². The first-order chi connectivity index (χ1) is 9.49. The molecule has 0 saturated carbocycles. The number of imide groups is 1. The van der Waals surface area contributed by atoms with E-state index in [1.807, 2.05) is 0 Å². The first-order valence-electron chi connectivity index (χ1n) is 5.75. The zero-order valence-corrected chi connectivity index (χ0v) is 12.3. The van der Waals surface area contributed by atoms with Gasteiger partial charge in [0, 0.05) is 18.1 Å². The zero-order valence-electron chi connectivity index (χ0n) is 10.8. The number of urea groups is 1. The van der Waals surface area contributed by atoms with E-state index in [1.54, 1.807) is 25.1 Å². The van der Waals surface area contributed by atoms with Gasteiger partial charge < -0.3 is 9.73 Å². The van der Waals surface area contributed by atoms with Crippen molar-refractivity contribution in [2.45, 2.75) is 17.4 Å².